The maximum atomic E-state index is 4.44. The highest BCUT2D eigenvalue weighted by atomic mass is 15.3. The van der Waals surface area contributed by atoms with Crippen molar-refractivity contribution in [2.75, 3.05) is 33.2 Å². The Morgan fingerprint density at radius 2 is 1.91 bits per heavy atom. The lowest BCUT2D eigenvalue weighted by Crippen LogP contribution is -2.38. The SMILES string of the molecule is CCN(CC)CCCNC(=NC)NCc1c(C)nn(C)c1C. The van der Waals surface area contributed by atoms with Crippen molar-refractivity contribution < 1.29 is 0 Å². The Labute approximate surface area is 135 Å². The Hall–Kier alpha value is -1.56. The molecule has 6 nitrogen and oxygen atoms in total. The topological polar surface area (TPSA) is 57.5 Å². The van der Waals surface area contributed by atoms with Crippen LogP contribution in [0.4, 0.5) is 0 Å². The molecule has 0 aliphatic rings. The van der Waals surface area contributed by atoms with E-state index in [1.165, 1.54) is 11.3 Å². The van der Waals surface area contributed by atoms with Gasteiger partial charge in [0, 0.05) is 38.4 Å². The van der Waals surface area contributed by atoms with Crippen LogP contribution in [-0.4, -0.2) is 53.9 Å². The highest BCUT2D eigenvalue weighted by Gasteiger charge is 2.09. The van der Waals surface area contributed by atoms with Gasteiger partial charge in [-0.1, -0.05) is 13.8 Å². The van der Waals surface area contributed by atoms with Crippen LogP contribution in [0, 0.1) is 13.8 Å². The quantitative estimate of drug-likeness (QED) is 0.433. The van der Waals surface area contributed by atoms with Crippen LogP contribution in [0.3, 0.4) is 0 Å². The second kappa shape index (κ2) is 9.46. The van der Waals surface area contributed by atoms with Gasteiger partial charge in [0.2, 0.25) is 0 Å². The summed E-state index contributed by atoms with van der Waals surface area (Å²) in [5, 5.41) is 11.2. The summed E-state index contributed by atoms with van der Waals surface area (Å²) in [5.41, 5.74) is 3.51. The molecular formula is C16H32N6. The van der Waals surface area contributed by atoms with Crippen molar-refractivity contribution in [1.29, 1.82) is 0 Å². The summed E-state index contributed by atoms with van der Waals surface area (Å²) in [6.07, 6.45) is 1.12. The normalized spacial score (nSPS) is 12.0. The monoisotopic (exact) mass is 308 g/mol. The van der Waals surface area contributed by atoms with Crippen molar-refractivity contribution in [3.05, 3.63) is 17.0 Å². The van der Waals surface area contributed by atoms with Crippen molar-refractivity contribution in [1.82, 2.24) is 25.3 Å². The van der Waals surface area contributed by atoms with Gasteiger partial charge in [-0.25, -0.2) is 0 Å². The molecule has 0 spiro atoms. The van der Waals surface area contributed by atoms with E-state index in [2.05, 4.69) is 46.4 Å². The first-order valence-corrected chi connectivity index (χ1v) is 8.19. The Balaban J connectivity index is 2.37. The van der Waals surface area contributed by atoms with Crippen LogP contribution in [0.2, 0.25) is 0 Å². The van der Waals surface area contributed by atoms with E-state index in [1.807, 2.05) is 25.7 Å². The van der Waals surface area contributed by atoms with E-state index in [0.29, 0.717) is 0 Å². The van der Waals surface area contributed by atoms with E-state index in [4.69, 9.17) is 0 Å². The van der Waals surface area contributed by atoms with Crippen molar-refractivity contribution in [2.24, 2.45) is 12.0 Å². The van der Waals surface area contributed by atoms with E-state index in [1.54, 1.807) is 0 Å². The third kappa shape index (κ3) is 5.33. The van der Waals surface area contributed by atoms with E-state index < -0.39 is 0 Å². The first-order chi connectivity index (χ1) is 10.5. The van der Waals surface area contributed by atoms with Gasteiger partial charge in [0.1, 0.15) is 0 Å². The molecule has 0 amide bonds. The summed E-state index contributed by atoms with van der Waals surface area (Å²) in [7, 11) is 3.79. The summed E-state index contributed by atoms with van der Waals surface area (Å²) in [4.78, 5) is 6.71. The number of aryl methyl sites for hydroxylation is 2. The summed E-state index contributed by atoms with van der Waals surface area (Å²) >= 11 is 0. The molecule has 0 bridgehead atoms. The standard InChI is InChI=1S/C16H32N6/c1-7-22(8-2)11-9-10-18-16(17-5)19-12-15-13(3)20-21(6)14(15)4/h7-12H2,1-6H3,(H2,17,18,19). The fourth-order valence-electron chi connectivity index (χ4n) is 2.52. The zero-order valence-corrected chi connectivity index (χ0v) is 15.0. The lowest BCUT2D eigenvalue weighted by Gasteiger charge is -2.18. The molecule has 0 radical (unpaired) electrons. The molecule has 0 aliphatic heterocycles. The summed E-state index contributed by atoms with van der Waals surface area (Å²) in [5.74, 6) is 0.849. The van der Waals surface area contributed by atoms with Crippen LogP contribution in [0.25, 0.3) is 0 Å². The van der Waals surface area contributed by atoms with Crippen LogP contribution < -0.4 is 10.6 Å². The second-order valence-corrected chi connectivity index (χ2v) is 5.51. The van der Waals surface area contributed by atoms with E-state index >= 15 is 0 Å². The Morgan fingerprint density at radius 1 is 1.23 bits per heavy atom. The molecule has 0 atom stereocenters. The molecule has 6 heteroatoms. The Kier molecular flexibility index (Phi) is 7.95. The molecule has 0 aromatic carbocycles. The number of guanidine groups is 1. The van der Waals surface area contributed by atoms with Crippen LogP contribution in [0.15, 0.2) is 4.99 Å². The minimum Gasteiger partial charge on any atom is -0.356 e. The molecule has 0 saturated carbocycles. The Morgan fingerprint density at radius 3 is 2.41 bits per heavy atom. The summed E-state index contributed by atoms with van der Waals surface area (Å²) in [6, 6.07) is 0. The number of hydrogen-bond acceptors (Lipinski definition) is 3. The molecule has 1 aromatic heterocycles. The third-order valence-corrected chi connectivity index (χ3v) is 4.15. The minimum absolute atomic E-state index is 0.751. The van der Waals surface area contributed by atoms with Crippen LogP contribution in [0.1, 0.15) is 37.2 Å². The van der Waals surface area contributed by atoms with E-state index in [0.717, 1.165) is 50.8 Å². The Bertz CT molecular complexity index is 473. The number of rotatable bonds is 8. The average Bonchev–Trinajstić information content (AvgIpc) is 2.76. The predicted octanol–water partition coefficient (Wildman–Crippen LogP) is 1.43. The fraction of sp³-hybridized carbons (Fsp3) is 0.750. The molecule has 0 unspecified atom stereocenters. The van der Waals surface area contributed by atoms with Gasteiger partial charge in [-0.2, -0.15) is 5.10 Å². The number of aliphatic imine (C=N–C) groups is 1. The first-order valence-electron chi connectivity index (χ1n) is 8.19. The molecular weight excluding hydrogens is 276 g/mol. The maximum absolute atomic E-state index is 4.44. The summed E-state index contributed by atoms with van der Waals surface area (Å²) in [6.45, 7) is 13.6. The zero-order valence-electron chi connectivity index (χ0n) is 15.0. The average molecular weight is 308 g/mol. The van der Waals surface area contributed by atoms with Crippen LogP contribution in [-0.2, 0) is 13.6 Å². The highest BCUT2D eigenvalue weighted by molar-refractivity contribution is 5.79. The lowest BCUT2D eigenvalue weighted by molar-refractivity contribution is 0.300. The van der Waals surface area contributed by atoms with Gasteiger partial charge in [0.25, 0.3) is 0 Å². The molecule has 1 heterocycles. The molecule has 126 valence electrons. The lowest BCUT2D eigenvalue weighted by atomic mass is 10.2. The van der Waals surface area contributed by atoms with Gasteiger partial charge in [-0.3, -0.25) is 9.67 Å². The summed E-state index contributed by atoms with van der Waals surface area (Å²) < 4.78 is 1.92. The predicted molar refractivity (Wildman–Crippen MR) is 93.3 cm³/mol. The minimum atomic E-state index is 0.751. The van der Waals surface area contributed by atoms with Crippen molar-refractivity contribution in [3.8, 4) is 0 Å². The van der Waals surface area contributed by atoms with Gasteiger partial charge >= 0.3 is 0 Å². The zero-order chi connectivity index (χ0) is 16.5. The number of nitrogens with zero attached hydrogens (tertiary/aromatic N) is 4. The van der Waals surface area contributed by atoms with Gasteiger partial charge < -0.3 is 15.5 Å². The molecule has 0 fully saturated rings. The van der Waals surface area contributed by atoms with Gasteiger partial charge in [-0.15, -0.1) is 0 Å². The molecule has 0 aliphatic carbocycles. The van der Waals surface area contributed by atoms with Gasteiger partial charge in [-0.05, 0) is 39.9 Å². The largest absolute Gasteiger partial charge is 0.356 e. The maximum Gasteiger partial charge on any atom is 0.191 e. The number of hydrogen-bond donors (Lipinski definition) is 2. The fourth-order valence-corrected chi connectivity index (χ4v) is 2.52. The smallest absolute Gasteiger partial charge is 0.191 e. The number of aromatic nitrogens is 2. The number of nitrogens with one attached hydrogen (secondary N) is 2. The highest BCUT2D eigenvalue weighted by Crippen LogP contribution is 2.10. The van der Waals surface area contributed by atoms with E-state index in [9.17, 15) is 0 Å². The molecule has 1 aromatic rings. The third-order valence-electron chi connectivity index (χ3n) is 4.15. The van der Waals surface area contributed by atoms with Crippen LogP contribution >= 0.6 is 0 Å². The van der Waals surface area contributed by atoms with E-state index in [-0.39, 0.29) is 0 Å². The molecule has 2 N–H and O–H groups in total. The van der Waals surface area contributed by atoms with Crippen molar-refractivity contribution in [2.45, 2.75) is 40.7 Å². The molecule has 22 heavy (non-hydrogen) atoms. The van der Waals surface area contributed by atoms with Gasteiger partial charge in [0.15, 0.2) is 5.96 Å². The molecule has 1 rings (SSSR count). The van der Waals surface area contributed by atoms with Crippen molar-refractivity contribution >= 4 is 5.96 Å². The van der Waals surface area contributed by atoms with Gasteiger partial charge in [0.05, 0.1) is 5.69 Å². The van der Waals surface area contributed by atoms with Crippen molar-refractivity contribution in [3.63, 3.8) is 0 Å². The first kappa shape index (κ1) is 18.5. The second-order valence-electron chi connectivity index (χ2n) is 5.51. The van der Waals surface area contributed by atoms with Crippen LogP contribution in [0.5, 0.6) is 0 Å². The molecule has 0 saturated heterocycles.